The highest BCUT2D eigenvalue weighted by Gasteiger charge is 2.18. The number of phenolic OH excluding ortho intramolecular Hbond substituents is 1. The molecule has 1 fully saturated rings. The van der Waals surface area contributed by atoms with Gasteiger partial charge >= 0.3 is 5.63 Å². The summed E-state index contributed by atoms with van der Waals surface area (Å²) in [5, 5.41) is 16.8. The molecule has 0 bridgehead atoms. The fourth-order valence-corrected chi connectivity index (χ4v) is 4.01. The molecule has 0 atom stereocenters. The summed E-state index contributed by atoms with van der Waals surface area (Å²) < 4.78 is 11.7. The molecule has 0 unspecified atom stereocenters. The van der Waals surface area contributed by atoms with Gasteiger partial charge in [0.05, 0.1) is 0 Å². The monoisotopic (exact) mass is 462 g/mol. The molecular formula is C27H30N2O5. The lowest BCUT2D eigenvalue weighted by Crippen LogP contribution is -2.34. The minimum atomic E-state index is -0.633. The van der Waals surface area contributed by atoms with Crippen molar-refractivity contribution in [2.24, 2.45) is 0 Å². The van der Waals surface area contributed by atoms with Gasteiger partial charge in [-0.2, -0.15) is 0 Å². The maximum absolute atomic E-state index is 12.8. The zero-order chi connectivity index (χ0) is 24.2. The summed E-state index contributed by atoms with van der Waals surface area (Å²) in [5.41, 5.74) is 2.72. The molecule has 34 heavy (non-hydrogen) atoms. The van der Waals surface area contributed by atoms with E-state index >= 15 is 0 Å². The van der Waals surface area contributed by atoms with E-state index in [0.717, 1.165) is 37.1 Å². The molecule has 0 radical (unpaired) electrons. The fourth-order valence-electron chi connectivity index (χ4n) is 4.01. The Balaban J connectivity index is 1.56. The Kier molecular flexibility index (Phi) is 7.03. The van der Waals surface area contributed by atoms with E-state index in [1.165, 1.54) is 12.1 Å². The third kappa shape index (κ3) is 5.31. The number of ether oxygens (including phenoxy) is 1. The van der Waals surface area contributed by atoms with Crippen LogP contribution in [0.3, 0.4) is 0 Å². The van der Waals surface area contributed by atoms with Gasteiger partial charge in [-0.15, -0.1) is 0 Å². The van der Waals surface area contributed by atoms with Crippen LogP contribution in [0.15, 0.2) is 57.3 Å². The zero-order valence-corrected chi connectivity index (χ0v) is 19.7. The predicted octanol–water partition coefficient (Wildman–Crippen LogP) is 4.70. The SMILES string of the molecule is CC(C)=CCc1cc(C(=O)Nc2cc3ccc(OC4CCNCC4)c(C)c3oc2=O)ccc1O. The van der Waals surface area contributed by atoms with Crippen molar-refractivity contribution in [3.8, 4) is 11.5 Å². The van der Waals surface area contributed by atoms with Crippen LogP contribution in [-0.2, 0) is 6.42 Å². The van der Waals surface area contributed by atoms with Crippen LogP contribution in [0.4, 0.5) is 5.69 Å². The average Bonchev–Trinajstić information content (AvgIpc) is 2.82. The molecule has 1 amide bonds. The molecule has 7 heteroatoms. The second kappa shape index (κ2) is 10.1. The van der Waals surface area contributed by atoms with Crippen molar-refractivity contribution in [1.82, 2.24) is 5.32 Å². The Morgan fingerprint density at radius 2 is 1.97 bits per heavy atom. The minimum absolute atomic E-state index is 0.0582. The highest BCUT2D eigenvalue weighted by Crippen LogP contribution is 2.29. The number of fused-ring (bicyclic) bond motifs is 1. The second-order valence-electron chi connectivity index (χ2n) is 8.91. The van der Waals surface area contributed by atoms with Crippen LogP contribution in [0.1, 0.15) is 48.2 Å². The van der Waals surface area contributed by atoms with Gasteiger partial charge in [-0.05, 0) is 95.1 Å². The maximum Gasteiger partial charge on any atom is 0.360 e. The molecule has 1 saturated heterocycles. The van der Waals surface area contributed by atoms with E-state index in [9.17, 15) is 14.7 Å². The number of anilines is 1. The van der Waals surface area contributed by atoms with E-state index in [0.29, 0.717) is 34.3 Å². The summed E-state index contributed by atoms with van der Waals surface area (Å²) >= 11 is 0. The highest BCUT2D eigenvalue weighted by molar-refractivity contribution is 6.05. The molecule has 2 aromatic carbocycles. The molecule has 3 aromatic rings. The van der Waals surface area contributed by atoms with Crippen molar-refractivity contribution >= 4 is 22.6 Å². The van der Waals surface area contributed by atoms with Crippen LogP contribution in [0.25, 0.3) is 11.0 Å². The molecule has 4 rings (SSSR count). The highest BCUT2D eigenvalue weighted by atomic mass is 16.5. The number of nitrogens with one attached hydrogen (secondary N) is 2. The van der Waals surface area contributed by atoms with Crippen LogP contribution >= 0.6 is 0 Å². The van der Waals surface area contributed by atoms with E-state index in [2.05, 4.69) is 10.6 Å². The molecule has 0 spiro atoms. The van der Waals surface area contributed by atoms with Gasteiger partial charge in [0.2, 0.25) is 0 Å². The molecule has 0 saturated carbocycles. The number of amides is 1. The maximum atomic E-state index is 12.8. The van der Waals surface area contributed by atoms with Crippen LogP contribution < -0.4 is 21.0 Å². The summed E-state index contributed by atoms with van der Waals surface area (Å²) in [6.45, 7) is 7.65. The summed E-state index contributed by atoms with van der Waals surface area (Å²) in [4.78, 5) is 25.5. The number of hydrogen-bond acceptors (Lipinski definition) is 6. The largest absolute Gasteiger partial charge is 0.508 e. The number of benzene rings is 2. The van der Waals surface area contributed by atoms with E-state index in [1.807, 2.05) is 39.0 Å². The first kappa shape index (κ1) is 23.6. The smallest absolute Gasteiger partial charge is 0.360 e. The number of carbonyl (C=O) groups is 1. The normalized spacial score (nSPS) is 14.1. The van der Waals surface area contributed by atoms with Crippen LogP contribution in [0.2, 0.25) is 0 Å². The number of rotatable bonds is 6. The standard InChI is InChI=1S/C27H30N2O5/c1-16(2)4-5-18-14-20(6-8-23(18)30)26(31)29-22-15-19-7-9-24(17(3)25(19)34-27(22)32)33-21-10-12-28-13-11-21/h4,6-9,14-15,21,28,30H,5,10-13H2,1-3H3,(H,29,31). The second-order valence-corrected chi connectivity index (χ2v) is 8.91. The number of aromatic hydroxyl groups is 1. The topological polar surface area (TPSA) is 101 Å². The Hall–Kier alpha value is -3.58. The predicted molar refractivity (Wildman–Crippen MR) is 133 cm³/mol. The van der Waals surface area contributed by atoms with Crippen molar-refractivity contribution in [3.63, 3.8) is 0 Å². The first-order valence-corrected chi connectivity index (χ1v) is 11.5. The molecule has 3 N–H and O–H groups in total. The number of phenols is 1. The summed E-state index contributed by atoms with van der Waals surface area (Å²) in [6, 6.07) is 9.95. The first-order chi connectivity index (χ1) is 16.3. The lowest BCUT2D eigenvalue weighted by molar-refractivity contribution is 0.102. The van der Waals surface area contributed by atoms with Crippen LogP contribution in [-0.4, -0.2) is 30.2 Å². The minimum Gasteiger partial charge on any atom is -0.508 e. The number of carbonyl (C=O) groups excluding carboxylic acids is 1. The number of hydrogen-bond donors (Lipinski definition) is 3. The van der Waals surface area contributed by atoms with Gasteiger partial charge in [-0.3, -0.25) is 4.79 Å². The molecular weight excluding hydrogens is 432 g/mol. The van der Waals surface area contributed by atoms with Gasteiger partial charge in [-0.1, -0.05) is 11.6 Å². The quantitative estimate of drug-likeness (QED) is 0.363. The Morgan fingerprint density at radius 1 is 1.21 bits per heavy atom. The molecule has 1 aliphatic rings. The van der Waals surface area contributed by atoms with Crippen LogP contribution in [0.5, 0.6) is 11.5 Å². The summed E-state index contributed by atoms with van der Waals surface area (Å²) in [7, 11) is 0. The van der Waals surface area contributed by atoms with E-state index < -0.39 is 11.5 Å². The van der Waals surface area contributed by atoms with Gasteiger partial charge in [0.15, 0.2) is 0 Å². The van der Waals surface area contributed by atoms with Crippen molar-refractivity contribution < 1.29 is 19.1 Å². The van der Waals surface area contributed by atoms with E-state index in [1.54, 1.807) is 12.1 Å². The zero-order valence-electron chi connectivity index (χ0n) is 19.7. The van der Waals surface area contributed by atoms with Crippen molar-refractivity contribution in [2.75, 3.05) is 18.4 Å². The van der Waals surface area contributed by atoms with E-state index in [-0.39, 0.29) is 17.5 Å². The molecule has 7 nitrogen and oxygen atoms in total. The summed E-state index contributed by atoms with van der Waals surface area (Å²) in [5.74, 6) is 0.372. The van der Waals surface area contributed by atoms with Gasteiger partial charge in [0.1, 0.15) is 28.9 Å². The third-order valence-electron chi connectivity index (χ3n) is 6.00. The number of piperidine rings is 1. The first-order valence-electron chi connectivity index (χ1n) is 11.5. The Bertz CT molecular complexity index is 1300. The van der Waals surface area contributed by atoms with Gasteiger partial charge in [0.25, 0.3) is 5.91 Å². The van der Waals surface area contributed by atoms with Crippen molar-refractivity contribution in [3.05, 3.63) is 75.2 Å². The molecule has 0 aliphatic carbocycles. The third-order valence-corrected chi connectivity index (χ3v) is 6.00. The Labute approximate surface area is 198 Å². The molecule has 178 valence electrons. The summed E-state index contributed by atoms with van der Waals surface area (Å²) in [6.07, 6.45) is 4.48. The number of aryl methyl sites for hydroxylation is 1. The van der Waals surface area contributed by atoms with Crippen molar-refractivity contribution in [1.29, 1.82) is 0 Å². The molecule has 1 aliphatic heterocycles. The average molecular weight is 463 g/mol. The molecule has 2 heterocycles. The van der Waals surface area contributed by atoms with Crippen molar-refractivity contribution in [2.45, 2.75) is 46.1 Å². The fraction of sp³-hybridized carbons (Fsp3) is 0.333. The molecule has 1 aromatic heterocycles. The Morgan fingerprint density at radius 3 is 2.71 bits per heavy atom. The van der Waals surface area contributed by atoms with Crippen LogP contribution in [0, 0.1) is 6.92 Å². The lowest BCUT2D eigenvalue weighted by atomic mass is 10.0. The van der Waals surface area contributed by atoms with Gasteiger partial charge in [0, 0.05) is 16.5 Å². The van der Waals surface area contributed by atoms with Gasteiger partial charge in [-0.25, -0.2) is 4.79 Å². The lowest BCUT2D eigenvalue weighted by Gasteiger charge is -2.24. The number of allylic oxidation sites excluding steroid dienone is 2. The van der Waals surface area contributed by atoms with E-state index in [4.69, 9.17) is 9.15 Å². The van der Waals surface area contributed by atoms with Gasteiger partial charge < -0.3 is 24.9 Å².